The number of nitrogens with zero attached hydrogens (tertiary/aromatic N) is 1. The molecular weight excluding hydrogens is 324 g/mol. The molecule has 24 heavy (non-hydrogen) atoms. The summed E-state index contributed by atoms with van der Waals surface area (Å²) in [7, 11) is 1.95. The van der Waals surface area contributed by atoms with Gasteiger partial charge in [0.05, 0.1) is 19.8 Å². The second-order valence-electron chi connectivity index (χ2n) is 5.96. The number of amides is 1. The van der Waals surface area contributed by atoms with Crippen molar-refractivity contribution in [2.24, 2.45) is 0 Å². The molecule has 0 saturated carbocycles. The second kappa shape index (κ2) is 7.68. The van der Waals surface area contributed by atoms with Crippen LogP contribution in [0.3, 0.4) is 0 Å². The topological polar surface area (TPSA) is 50.8 Å². The van der Waals surface area contributed by atoms with Crippen LogP contribution >= 0.6 is 11.3 Å². The smallest absolute Gasteiger partial charge is 0.238 e. The molecule has 0 saturated heterocycles. The normalized spacial score (nSPS) is 13.6. The number of ether oxygens (including phenoxy) is 2. The van der Waals surface area contributed by atoms with Gasteiger partial charge in [-0.25, -0.2) is 0 Å². The maximum atomic E-state index is 12.3. The molecule has 1 amide bonds. The van der Waals surface area contributed by atoms with Gasteiger partial charge >= 0.3 is 0 Å². The fourth-order valence-corrected chi connectivity index (χ4v) is 3.54. The molecule has 2 aromatic rings. The molecule has 6 heteroatoms. The van der Waals surface area contributed by atoms with Crippen LogP contribution in [-0.2, 0) is 11.3 Å². The average molecular weight is 346 g/mol. The number of carbonyl (C=O) groups excluding carboxylic acids is 1. The van der Waals surface area contributed by atoms with Crippen LogP contribution in [0.25, 0.3) is 0 Å². The minimum atomic E-state index is -0.0406. The van der Waals surface area contributed by atoms with Crippen LogP contribution in [0.5, 0.6) is 11.5 Å². The third kappa shape index (κ3) is 4.27. The van der Waals surface area contributed by atoms with Crippen LogP contribution < -0.4 is 14.8 Å². The van der Waals surface area contributed by atoms with Crippen molar-refractivity contribution < 1.29 is 14.3 Å². The van der Waals surface area contributed by atoms with Crippen LogP contribution in [-0.4, -0.2) is 37.6 Å². The predicted octanol–water partition coefficient (Wildman–Crippen LogP) is 3.29. The maximum absolute atomic E-state index is 12.3. The molecule has 2 heterocycles. The zero-order valence-electron chi connectivity index (χ0n) is 14.0. The van der Waals surface area contributed by atoms with Gasteiger partial charge in [-0.15, -0.1) is 11.3 Å². The van der Waals surface area contributed by atoms with Crippen LogP contribution in [0.1, 0.15) is 16.9 Å². The van der Waals surface area contributed by atoms with Gasteiger partial charge in [-0.1, -0.05) is 0 Å². The SMILES string of the molecule is Cc1ccsc1CN(C)CC(=O)Nc1ccc2c(c1)OCCCO2. The zero-order valence-corrected chi connectivity index (χ0v) is 14.8. The monoisotopic (exact) mass is 346 g/mol. The van der Waals surface area contributed by atoms with Gasteiger partial charge < -0.3 is 14.8 Å². The second-order valence-corrected chi connectivity index (χ2v) is 6.96. The highest BCUT2D eigenvalue weighted by Gasteiger charge is 2.13. The molecule has 3 rings (SSSR count). The van der Waals surface area contributed by atoms with E-state index in [2.05, 4.69) is 23.7 Å². The Morgan fingerprint density at radius 2 is 2.04 bits per heavy atom. The number of likely N-dealkylation sites (N-methyl/N-ethyl adjacent to an activating group) is 1. The van der Waals surface area contributed by atoms with Gasteiger partial charge in [0, 0.05) is 29.6 Å². The van der Waals surface area contributed by atoms with Crippen molar-refractivity contribution in [2.45, 2.75) is 19.9 Å². The number of hydrogen-bond donors (Lipinski definition) is 1. The van der Waals surface area contributed by atoms with E-state index in [4.69, 9.17) is 9.47 Å². The minimum absolute atomic E-state index is 0.0406. The van der Waals surface area contributed by atoms with E-state index in [0.29, 0.717) is 25.5 Å². The Morgan fingerprint density at radius 3 is 2.79 bits per heavy atom. The number of thiophene rings is 1. The van der Waals surface area contributed by atoms with E-state index in [0.717, 1.165) is 24.4 Å². The molecule has 0 fully saturated rings. The summed E-state index contributed by atoms with van der Waals surface area (Å²) < 4.78 is 11.2. The number of nitrogens with one attached hydrogen (secondary N) is 1. The summed E-state index contributed by atoms with van der Waals surface area (Å²) in [6.45, 7) is 4.50. The van der Waals surface area contributed by atoms with Crippen molar-refractivity contribution in [2.75, 3.05) is 32.1 Å². The summed E-state index contributed by atoms with van der Waals surface area (Å²) >= 11 is 1.72. The zero-order chi connectivity index (χ0) is 16.9. The molecule has 1 aliphatic heterocycles. The van der Waals surface area contributed by atoms with Gasteiger partial charge in [0.15, 0.2) is 11.5 Å². The number of fused-ring (bicyclic) bond motifs is 1. The van der Waals surface area contributed by atoms with E-state index in [9.17, 15) is 4.79 Å². The van der Waals surface area contributed by atoms with Gasteiger partial charge in [-0.05, 0) is 43.1 Å². The van der Waals surface area contributed by atoms with Gasteiger partial charge in [0.1, 0.15) is 0 Å². The molecular formula is C18H22N2O3S. The number of aryl methyl sites for hydroxylation is 1. The van der Waals surface area contributed by atoms with Crippen molar-refractivity contribution >= 4 is 22.9 Å². The first kappa shape index (κ1) is 16.8. The molecule has 0 unspecified atom stereocenters. The van der Waals surface area contributed by atoms with E-state index in [1.54, 1.807) is 11.3 Å². The maximum Gasteiger partial charge on any atom is 0.238 e. The Kier molecular flexibility index (Phi) is 5.37. The first-order valence-electron chi connectivity index (χ1n) is 8.03. The number of anilines is 1. The summed E-state index contributed by atoms with van der Waals surface area (Å²) in [4.78, 5) is 15.6. The molecule has 5 nitrogen and oxygen atoms in total. The van der Waals surface area contributed by atoms with Crippen molar-refractivity contribution in [3.05, 3.63) is 40.1 Å². The lowest BCUT2D eigenvalue weighted by atomic mass is 10.2. The summed E-state index contributed by atoms with van der Waals surface area (Å²) in [5.74, 6) is 1.38. The van der Waals surface area contributed by atoms with Crippen molar-refractivity contribution in [1.82, 2.24) is 4.90 Å². The lowest BCUT2D eigenvalue weighted by molar-refractivity contribution is -0.117. The fraction of sp³-hybridized carbons (Fsp3) is 0.389. The molecule has 0 spiro atoms. The lowest BCUT2D eigenvalue weighted by Gasteiger charge is -2.16. The third-order valence-electron chi connectivity index (χ3n) is 3.83. The quantitative estimate of drug-likeness (QED) is 0.903. The van der Waals surface area contributed by atoms with Gasteiger partial charge in [-0.3, -0.25) is 9.69 Å². The van der Waals surface area contributed by atoms with Crippen molar-refractivity contribution in [1.29, 1.82) is 0 Å². The van der Waals surface area contributed by atoms with E-state index in [1.807, 2.05) is 30.1 Å². The highest BCUT2D eigenvalue weighted by Crippen LogP contribution is 2.32. The number of rotatable bonds is 5. The molecule has 128 valence electrons. The first-order chi connectivity index (χ1) is 11.6. The van der Waals surface area contributed by atoms with Crippen LogP contribution in [0, 0.1) is 6.92 Å². The van der Waals surface area contributed by atoms with Gasteiger partial charge in [0.2, 0.25) is 5.91 Å². The molecule has 1 aliphatic rings. The van der Waals surface area contributed by atoms with E-state index in [1.165, 1.54) is 10.4 Å². The predicted molar refractivity (Wildman–Crippen MR) is 96.1 cm³/mol. The Bertz CT molecular complexity index is 714. The molecule has 1 N–H and O–H groups in total. The lowest BCUT2D eigenvalue weighted by Crippen LogP contribution is -2.29. The Morgan fingerprint density at radius 1 is 1.25 bits per heavy atom. The summed E-state index contributed by atoms with van der Waals surface area (Å²) in [6.07, 6.45) is 0.864. The largest absolute Gasteiger partial charge is 0.490 e. The fourth-order valence-electron chi connectivity index (χ4n) is 2.55. The van der Waals surface area contributed by atoms with E-state index < -0.39 is 0 Å². The highest BCUT2D eigenvalue weighted by molar-refractivity contribution is 7.10. The standard InChI is InChI=1S/C18H22N2O3S/c1-13-6-9-24-17(13)11-20(2)12-18(21)19-14-4-5-15-16(10-14)23-8-3-7-22-15/h4-6,9-10H,3,7-8,11-12H2,1-2H3,(H,19,21). The summed E-state index contributed by atoms with van der Waals surface area (Å²) in [5, 5.41) is 5.00. The van der Waals surface area contributed by atoms with Gasteiger partial charge in [-0.2, -0.15) is 0 Å². The molecule has 1 aromatic carbocycles. The van der Waals surface area contributed by atoms with Crippen LogP contribution in [0.2, 0.25) is 0 Å². The van der Waals surface area contributed by atoms with Crippen molar-refractivity contribution in [3.63, 3.8) is 0 Å². The Hall–Kier alpha value is -2.05. The summed E-state index contributed by atoms with van der Waals surface area (Å²) in [6, 6.07) is 7.61. The van der Waals surface area contributed by atoms with Crippen molar-refractivity contribution in [3.8, 4) is 11.5 Å². The molecule has 0 aliphatic carbocycles. The van der Waals surface area contributed by atoms with Gasteiger partial charge in [0.25, 0.3) is 0 Å². The van der Waals surface area contributed by atoms with Crippen LogP contribution in [0.15, 0.2) is 29.6 Å². The highest BCUT2D eigenvalue weighted by atomic mass is 32.1. The number of hydrogen-bond acceptors (Lipinski definition) is 5. The summed E-state index contributed by atoms with van der Waals surface area (Å²) in [5.41, 5.74) is 2.00. The average Bonchev–Trinajstić information content (AvgIpc) is 2.81. The minimum Gasteiger partial charge on any atom is -0.490 e. The van der Waals surface area contributed by atoms with E-state index >= 15 is 0 Å². The number of benzene rings is 1. The Balaban J connectivity index is 1.56. The molecule has 0 radical (unpaired) electrons. The molecule has 1 aromatic heterocycles. The van der Waals surface area contributed by atoms with Crippen LogP contribution in [0.4, 0.5) is 5.69 Å². The first-order valence-corrected chi connectivity index (χ1v) is 8.91. The third-order valence-corrected chi connectivity index (χ3v) is 4.83. The molecule has 0 atom stereocenters. The molecule has 0 bridgehead atoms. The number of carbonyl (C=O) groups is 1. The Labute approximate surface area is 146 Å². The van der Waals surface area contributed by atoms with E-state index in [-0.39, 0.29) is 5.91 Å².